The van der Waals surface area contributed by atoms with Crippen molar-refractivity contribution in [1.82, 2.24) is 5.32 Å². The Labute approximate surface area is 118 Å². The van der Waals surface area contributed by atoms with Crippen molar-refractivity contribution >= 4 is 5.97 Å². The van der Waals surface area contributed by atoms with Crippen LogP contribution in [-0.2, 0) is 9.53 Å². The van der Waals surface area contributed by atoms with Crippen LogP contribution in [0.1, 0.15) is 72.1 Å². The first-order valence-electron chi connectivity index (χ1n) is 7.79. The van der Waals surface area contributed by atoms with E-state index in [4.69, 9.17) is 4.74 Å². The van der Waals surface area contributed by atoms with Crippen molar-refractivity contribution in [3.05, 3.63) is 11.8 Å². The van der Waals surface area contributed by atoms with E-state index < -0.39 is 0 Å². The molecule has 0 saturated heterocycles. The van der Waals surface area contributed by atoms with Crippen LogP contribution in [0.15, 0.2) is 11.8 Å². The molecular weight excluding hydrogens is 238 g/mol. The number of hydrogen-bond acceptors (Lipinski definition) is 3. The van der Waals surface area contributed by atoms with E-state index in [0.29, 0.717) is 6.61 Å². The molecule has 0 bridgehead atoms. The number of hydrogen-bond donors (Lipinski definition) is 1. The second kappa shape index (κ2) is 13.4. The van der Waals surface area contributed by atoms with Crippen molar-refractivity contribution in [1.29, 1.82) is 0 Å². The van der Waals surface area contributed by atoms with Gasteiger partial charge in [0.1, 0.15) is 0 Å². The van der Waals surface area contributed by atoms with Crippen LogP contribution in [0.3, 0.4) is 0 Å². The molecule has 0 heterocycles. The number of unbranched alkanes of at least 4 members (excludes halogenated alkanes) is 7. The van der Waals surface area contributed by atoms with Gasteiger partial charge in [0.05, 0.1) is 6.61 Å². The molecule has 0 radical (unpaired) electrons. The van der Waals surface area contributed by atoms with Crippen molar-refractivity contribution in [2.75, 3.05) is 13.2 Å². The molecule has 0 unspecified atom stereocenters. The van der Waals surface area contributed by atoms with E-state index in [1.807, 2.05) is 13.8 Å². The van der Waals surface area contributed by atoms with E-state index in [-0.39, 0.29) is 5.97 Å². The Morgan fingerprint density at radius 2 is 1.58 bits per heavy atom. The Morgan fingerprint density at radius 3 is 2.16 bits per heavy atom. The number of carbonyl (C=O) groups excluding carboxylic acids is 1. The molecule has 19 heavy (non-hydrogen) atoms. The van der Waals surface area contributed by atoms with Crippen LogP contribution in [0, 0.1) is 0 Å². The summed E-state index contributed by atoms with van der Waals surface area (Å²) in [4.78, 5) is 11.2. The molecule has 0 aromatic rings. The van der Waals surface area contributed by atoms with Gasteiger partial charge in [-0.25, -0.2) is 4.79 Å². The van der Waals surface area contributed by atoms with Crippen LogP contribution in [0.4, 0.5) is 0 Å². The van der Waals surface area contributed by atoms with Gasteiger partial charge in [0.25, 0.3) is 0 Å². The van der Waals surface area contributed by atoms with E-state index in [1.165, 1.54) is 57.4 Å². The second-order valence-corrected chi connectivity index (χ2v) is 4.98. The summed E-state index contributed by atoms with van der Waals surface area (Å²) in [6.45, 7) is 7.34. The number of nitrogens with one attached hydrogen (secondary N) is 1. The molecule has 0 aromatic heterocycles. The summed E-state index contributed by atoms with van der Waals surface area (Å²) in [5.74, 6) is -0.261. The summed E-state index contributed by atoms with van der Waals surface area (Å²) < 4.78 is 4.85. The Kier molecular flexibility index (Phi) is 12.7. The average molecular weight is 269 g/mol. The lowest BCUT2D eigenvalue weighted by atomic mass is 10.1. The number of esters is 1. The zero-order valence-corrected chi connectivity index (χ0v) is 13.0. The summed E-state index contributed by atoms with van der Waals surface area (Å²) in [5.41, 5.74) is 0.890. The van der Waals surface area contributed by atoms with Crippen LogP contribution in [0.2, 0.25) is 0 Å². The van der Waals surface area contributed by atoms with E-state index >= 15 is 0 Å². The quantitative estimate of drug-likeness (QED) is 0.328. The summed E-state index contributed by atoms with van der Waals surface area (Å²) in [6.07, 6.45) is 12.1. The van der Waals surface area contributed by atoms with Gasteiger partial charge in [0.2, 0.25) is 0 Å². The first-order valence-corrected chi connectivity index (χ1v) is 7.79. The highest BCUT2D eigenvalue weighted by atomic mass is 16.5. The van der Waals surface area contributed by atoms with Crippen LogP contribution < -0.4 is 5.32 Å². The highest BCUT2D eigenvalue weighted by molar-refractivity contribution is 5.82. The maximum atomic E-state index is 11.2. The van der Waals surface area contributed by atoms with Crippen molar-refractivity contribution in [2.24, 2.45) is 0 Å². The molecule has 1 N–H and O–H groups in total. The Balaban J connectivity index is 3.36. The third-order valence-corrected chi connectivity index (χ3v) is 3.06. The highest BCUT2D eigenvalue weighted by Gasteiger charge is 1.97. The summed E-state index contributed by atoms with van der Waals surface area (Å²) in [6, 6.07) is 0. The minimum absolute atomic E-state index is 0.261. The van der Waals surface area contributed by atoms with E-state index in [1.54, 1.807) is 0 Å². The van der Waals surface area contributed by atoms with Crippen molar-refractivity contribution in [3.8, 4) is 0 Å². The molecule has 0 aliphatic heterocycles. The zero-order chi connectivity index (χ0) is 14.3. The molecule has 0 saturated carbocycles. The third kappa shape index (κ3) is 13.2. The molecule has 3 nitrogen and oxygen atoms in total. The predicted molar refractivity (Wildman–Crippen MR) is 81.0 cm³/mol. The van der Waals surface area contributed by atoms with Gasteiger partial charge in [-0.1, -0.05) is 51.9 Å². The van der Waals surface area contributed by atoms with Crippen molar-refractivity contribution in [2.45, 2.75) is 72.1 Å². The Bertz CT molecular complexity index is 249. The molecule has 0 aromatic carbocycles. The first kappa shape index (κ1) is 18.0. The first-order chi connectivity index (χ1) is 9.20. The normalized spacial score (nSPS) is 11.4. The fourth-order valence-corrected chi connectivity index (χ4v) is 1.96. The van der Waals surface area contributed by atoms with Crippen LogP contribution in [0.25, 0.3) is 0 Å². The molecule has 3 heteroatoms. The van der Waals surface area contributed by atoms with Crippen LogP contribution >= 0.6 is 0 Å². The van der Waals surface area contributed by atoms with Gasteiger partial charge in [0, 0.05) is 18.3 Å². The Hall–Kier alpha value is -0.990. The Morgan fingerprint density at radius 1 is 1.00 bits per heavy atom. The molecule has 0 amide bonds. The predicted octanol–water partition coefficient (Wildman–Crippen LogP) is 4.18. The zero-order valence-electron chi connectivity index (χ0n) is 13.0. The van der Waals surface area contributed by atoms with Gasteiger partial charge in [-0.05, 0) is 20.3 Å². The number of ether oxygens (including phenoxy) is 1. The molecule has 0 aliphatic rings. The average Bonchev–Trinajstić information content (AvgIpc) is 2.37. The van der Waals surface area contributed by atoms with Gasteiger partial charge in [-0.15, -0.1) is 0 Å². The largest absolute Gasteiger partial charge is 0.463 e. The van der Waals surface area contributed by atoms with Crippen LogP contribution in [0.5, 0.6) is 0 Å². The molecule has 0 aliphatic carbocycles. The maximum absolute atomic E-state index is 11.2. The fraction of sp³-hybridized carbons (Fsp3) is 0.812. The molecule has 112 valence electrons. The topological polar surface area (TPSA) is 38.3 Å². The van der Waals surface area contributed by atoms with Gasteiger partial charge in [0.15, 0.2) is 0 Å². The van der Waals surface area contributed by atoms with Gasteiger partial charge in [-0.3, -0.25) is 0 Å². The van der Waals surface area contributed by atoms with Gasteiger partial charge in [-0.2, -0.15) is 0 Å². The number of allylic oxidation sites excluding steroid dienone is 1. The third-order valence-electron chi connectivity index (χ3n) is 3.06. The van der Waals surface area contributed by atoms with E-state index in [0.717, 1.165) is 12.2 Å². The summed E-state index contributed by atoms with van der Waals surface area (Å²) in [7, 11) is 0. The maximum Gasteiger partial charge on any atom is 0.332 e. The molecule has 0 atom stereocenters. The van der Waals surface area contributed by atoms with Gasteiger partial charge < -0.3 is 10.1 Å². The molecule has 0 fully saturated rings. The van der Waals surface area contributed by atoms with Crippen molar-refractivity contribution < 1.29 is 9.53 Å². The summed E-state index contributed by atoms with van der Waals surface area (Å²) in [5, 5.41) is 3.24. The minimum atomic E-state index is -0.261. The van der Waals surface area contributed by atoms with Crippen LogP contribution in [-0.4, -0.2) is 19.1 Å². The lowest BCUT2D eigenvalue weighted by Gasteiger charge is -2.06. The smallest absolute Gasteiger partial charge is 0.332 e. The minimum Gasteiger partial charge on any atom is -0.463 e. The fourth-order valence-electron chi connectivity index (χ4n) is 1.96. The highest BCUT2D eigenvalue weighted by Crippen LogP contribution is 2.08. The van der Waals surface area contributed by atoms with Gasteiger partial charge >= 0.3 is 5.97 Å². The number of rotatable bonds is 12. The number of carbonyl (C=O) groups is 1. The lowest BCUT2D eigenvalue weighted by Crippen LogP contribution is -2.14. The molecule has 0 spiro atoms. The standard InChI is InChI=1S/C16H31NO2/c1-4-6-7-8-9-10-11-12-13-17-15(3)14-16(18)19-5-2/h14,17H,4-13H2,1-3H3/b15-14+. The van der Waals surface area contributed by atoms with E-state index in [2.05, 4.69) is 12.2 Å². The van der Waals surface area contributed by atoms with E-state index in [9.17, 15) is 4.79 Å². The SMILES string of the molecule is CCCCCCCCCCN/C(C)=C/C(=O)OCC. The second-order valence-electron chi connectivity index (χ2n) is 4.98. The molecule has 0 rings (SSSR count). The summed E-state index contributed by atoms with van der Waals surface area (Å²) >= 11 is 0. The lowest BCUT2D eigenvalue weighted by molar-refractivity contribution is -0.137. The molecular formula is C16H31NO2. The monoisotopic (exact) mass is 269 g/mol. The van der Waals surface area contributed by atoms with Crippen molar-refractivity contribution in [3.63, 3.8) is 0 Å².